The lowest BCUT2D eigenvalue weighted by atomic mass is 9.95. The van der Waals surface area contributed by atoms with Crippen LogP contribution in [0.2, 0.25) is 0 Å². The number of methoxy groups -OCH3 is 2. The Balaban J connectivity index is 1.74. The Morgan fingerprint density at radius 3 is 2.58 bits per heavy atom. The van der Waals surface area contributed by atoms with Gasteiger partial charge >= 0.3 is 0 Å². The van der Waals surface area contributed by atoms with Crippen molar-refractivity contribution in [1.29, 1.82) is 0 Å². The highest BCUT2D eigenvalue weighted by Crippen LogP contribution is 2.40. The van der Waals surface area contributed by atoms with Crippen LogP contribution < -0.4 is 14.2 Å². The maximum atomic E-state index is 13.4. The zero-order chi connectivity index (χ0) is 22.0. The summed E-state index contributed by atoms with van der Waals surface area (Å²) in [7, 11) is -1.13. The second-order valence-corrected chi connectivity index (χ2v) is 10.2. The number of hydrogen-bond donors (Lipinski definition) is 1. The van der Waals surface area contributed by atoms with Crippen molar-refractivity contribution in [2.75, 3.05) is 45.2 Å². The SMILES string of the molecule is COc1ccc(OC)c(S(=O)(=O)Nc2sc3c(c2C(=O)N2CCOCC2)CCCC3)c1. The van der Waals surface area contributed by atoms with E-state index in [9.17, 15) is 13.2 Å². The lowest BCUT2D eigenvalue weighted by molar-refractivity contribution is 0.0303. The van der Waals surface area contributed by atoms with Crippen molar-refractivity contribution in [3.05, 3.63) is 34.2 Å². The number of nitrogens with one attached hydrogen (secondary N) is 1. The van der Waals surface area contributed by atoms with Crippen molar-refractivity contribution < 1.29 is 27.4 Å². The molecule has 1 N–H and O–H groups in total. The van der Waals surface area contributed by atoms with Crippen molar-refractivity contribution in [2.45, 2.75) is 30.6 Å². The quantitative estimate of drug-likeness (QED) is 0.704. The molecule has 0 atom stereocenters. The van der Waals surface area contributed by atoms with Crippen LogP contribution in [0.5, 0.6) is 11.5 Å². The molecule has 1 aromatic carbocycles. The van der Waals surface area contributed by atoms with Crippen molar-refractivity contribution >= 4 is 32.3 Å². The molecule has 1 aliphatic heterocycles. The molecule has 10 heteroatoms. The molecular weight excluding hydrogens is 440 g/mol. The highest BCUT2D eigenvalue weighted by Gasteiger charge is 2.32. The van der Waals surface area contributed by atoms with Gasteiger partial charge in [0, 0.05) is 24.0 Å². The van der Waals surface area contributed by atoms with Gasteiger partial charge in [-0.2, -0.15) is 0 Å². The Kier molecular flexibility index (Phi) is 6.40. The van der Waals surface area contributed by atoms with Gasteiger partial charge in [0.15, 0.2) is 0 Å². The smallest absolute Gasteiger partial charge is 0.266 e. The third-order valence-electron chi connectivity index (χ3n) is 5.57. The lowest BCUT2D eigenvalue weighted by Crippen LogP contribution is -2.41. The first-order valence-corrected chi connectivity index (χ1v) is 12.5. The first-order valence-electron chi connectivity index (χ1n) is 10.2. The van der Waals surface area contributed by atoms with E-state index in [1.807, 2.05) is 0 Å². The van der Waals surface area contributed by atoms with E-state index in [2.05, 4.69) is 4.72 Å². The van der Waals surface area contributed by atoms with E-state index in [1.165, 1.54) is 31.6 Å². The average Bonchev–Trinajstić information content (AvgIpc) is 3.15. The minimum Gasteiger partial charge on any atom is -0.497 e. The third kappa shape index (κ3) is 4.37. The molecule has 31 heavy (non-hydrogen) atoms. The van der Waals surface area contributed by atoms with Gasteiger partial charge in [-0.05, 0) is 43.4 Å². The molecule has 168 valence electrons. The second kappa shape index (κ2) is 9.05. The molecule has 0 unspecified atom stereocenters. The van der Waals surface area contributed by atoms with Crippen LogP contribution in [-0.2, 0) is 27.6 Å². The van der Waals surface area contributed by atoms with Gasteiger partial charge in [-0.3, -0.25) is 9.52 Å². The summed E-state index contributed by atoms with van der Waals surface area (Å²) in [6.45, 7) is 1.97. The predicted molar refractivity (Wildman–Crippen MR) is 118 cm³/mol. The molecular formula is C21H26N2O6S2. The Bertz CT molecular complexity index is 1070. The summed E-state index contributed by atoms with van der Waals surface area (Å²) in [6.07, 6.45) is 3.66. The fourth-order valence-corrected chi connectivity index (χ4v) is 6.73. The summed E-state index contributed by atoms with van der Waals surface area (Å²) in [5.41, 5.74) is 1.45. The number of fused-ring (bicyclic) bond motifs is 1. The number of anilines is 1. The lowest BCUT2D eigenvalue weighted by Gasteiger charge is -2.27. The van der Waals surface area contributed by atoms with E-state index < -0.39 is 10.0 Å². The summed E-state index contributed by atoms with van der Waals surface area (Å²) < 4.78 is 45.2. The zero-order valence-electron chi connectivity index (χ0n) is 17.6. The van der Waals surface area contributed by atoms with Crippen LogP contribution in [0.25, 0.3) is 0 Å². The molecule has 1 amide bonds. The van der Waals surface area contributed by atoms with Crippen LogP contribution >= 0.6 is 11.3 Å². The highest BCUT2D eigenvalue weighted by molar-refractivity contribution is 7.93. The number of sulfonamides is 1. The summed E-state index contributed by atoms with van der Waals surface area (Å²) >= 11 is 1.36. The van der Waals surface area contributed by atoms with E-state index in [-0.39, 0.29) is 16.6 Å². The summed E-state index contributed by atoms with van der Waals surface area (Å²) in [6, 6.07) is 4.60. The Morgan fingerprint density at radius 1 is 1.13 bits per heavy atom. The molecule has 0 radical (unpaired) electrons. The van der Waals surface area contributed by atoms with Crippen molar-refractivity contribution in [1.82, 2.24) is 4.90 Å². The number of hydrogen-bond acceptors (Lipinski definition) is 7. The van der Waals surface area contributed by atoms with Gasteiger partial charge in [0.25, 0.3) is 15.9 Å². The maximum Gasteiger partial charge on any atom is 0.266 e. The zero-order valence-corrected chi connectivity index (χ0v) is 19.2. The number of nitrogens with zero attached hydrogens (tertiary/aromatic N) is 1. The summed E-state index contributed by atoms with van der Waals surface area (Å²) in [4.78, 5) is 16.2. The molecule has 0 spiro atoms. The maximum absolute atomic E-state index is 13.4. The number of rotatable bonds is 6. The van der Waals surface area contributed by atoms with Crippen molar-refractivity contribution in [3.63, 3.8) is 0 Å². The van der Waals surface area contributed by atoms with Gasteiger partial charge in [0.1, 0.15) is 21.4 Å². The van der Waals surface area contributed by atoms with Crippen LogP contribution in [0.4, 0.5) is 5.00 Å². The number of thiophene rings is 1. The van der Waals surface area contributed by atoms with Crippen molar-refractivity contribution in [2.24, 2.45) is 0 Å². The Labute approximate surface area is 186 Å². The van der Waals surface area contributed by atoms with E-state index >= 15 is 0 Å². The fourth-order valence-electron chi connectivity index (χ4n) is 3.96. The van der Waals surface area contributed by atoms with Crippen LogP contribution in [0, 0.1) is 0 Å². The topological polar surface area (TPSA) is 94.2 Å². The molecule has 0 bridgehead atoms. The standard InChI is InChI=1S/C21H26N2O6S2/c1-27-14-7-8-16(28-2)18(13-14)31(25,26)22-20-19(15-5-3-4-6-17(15)30-20)21(24)23-9-11-29-12-10-23/h7-8,13,22H,3-6,9-12H2,1-2H3. The largest absolute Gasteiger partial charge is 0.497 e. The Morgan fingerprint density at radius 2 is 1.87 bits per heavy atom. The first-order chi connectivity index (χ1) is 14.9. The summed E-state index contributed by atoms with van der Waals surface area (Å²) in [5, 5.41) is 0.369. The molecule has 1 aromatic heterocycles. The number of morpholine rings is 1. The molecule has 2 heterocycles. The van der Waals surface area contributed by atoms with Crippen LogP contribution in [-0.4, -0.2) is 59.7 Å². The number of carbonyl (C=O) groups is 1. The van der Waals surface area contributed by atoms with E-state index in [0.29, 0.717) is 42.6 Å². The van der Waals surface area contributed by atoms with Crippen LogP contribution in [0.15, 0.2) is 23.1 Å². The van der Waals surface area contributed by atoms with Gasteiger partial charge < -0.3 is 19.1 Å². The first kappa shape index (κ1) is 21.9. The number of carbonyl (C=O) groups excluding carboxylic acids is 1. The van der Waals surface area contributed by atoms with E-state index in [4.69, 9.17) is 14.2 Å². The van der Waals surface area contributed by atoms with Gasteiger partial charge in [0.2, 0.25) is 0 Å². The van der Waals surface area contributed by atoms with Gasteiger partial charge in [-0.1, -0.05) is 0 Å². The molecule has 1 fully saturated rings. The molecule has 2 aromatic rings. The minimum absolute atomic E-state index is 0.0366. The van der Waals surface area contributed by atoms with Crippen LogP contribution in [0.1, 0.15) is 33.6 Å². The molecule has 1 saturated heterocycles. The Hall–Kier alpha value is -2.30. The normalized spacial score (nSPS) is 16.5. The van der Waals surface area contributed by atoms with Gasteiger partial charge in [0.05, 0.1) is 33.0 Å². The van der Waals surface area contributed by atoms with Gasteiger partial charge in [-0.15, -0.1) is 11.3 Å². The number of aryl methyl sites for hydroxylation is 1. The highest BCUT2D eigenvalue weighted by atomic mass is 32.2. The van der Waals surface area contributed by atoms with E-state index in [0.717, 1.165) is 36.1 Å². The molecule has 0 saturated carbocycles. The van der Waals surface area contributed by atoms with Crippen molar-refractivity contribution in [3.8, 4) is 11.5 Å². The predicted octanol–water partition coefficient (Wildman–Crippen LogP) is 2.92. The number of ether oxygens (including phenoxy) is 3. The molecule has 1 aliphatic carbocycles. The summed E-state index contributed by atoms with van der Waals surface area (Å²) in [5.74, 6) is 0.463. The van der Waals surface area contributed by atoms with Crippen LogP contribution in [0.3, 0.4) is 0 Å². The van der Waals surface area contributed by atoms with Gasteiger partial charge in [-0.25, -0.2) is 8.42 Å². The number of benzene rings is 1. The minimum atomic E-state index is -4.01. The molecule has 8 nitrogen and oxygen atoms in total. The fraction of sp³-hybridized carbons (Fsp3) is 0.476. The molecule has 2 aliphatic rings. The average molecular weight is 467 g/mol. The monoisotopic (exact) mass is 466 g/mol. The third-order valence-corrected chi connectivity index (χ3v) is 8.28. The second-order valence-electron chi connectivity index (χ2n) is 7.44. The number of amides is 1. The van der Waals surface area contributed by atoms with E-state index in [1.54, 1.807) is 17.0 Å². The molecule has 4 rings (SSSR count).